The number of nitrogens with zero attached hydrogens (tertiary/aromatic N) is 4. The molecule has 0 aliphatic carbocycles. The summed E-state index contributed by atoms with van der Waals surface area (Å²) in [4.78, 5) is 24.9. The molecule has 0 spiro atoms. The molecule has 1 aromatic carbocycles. The van der Waals surface area contributed by atoms with Gasteiger partial charge in [0.25, 0.3) is 0 Å². The minimum Gasteiger partial charge on any atom is -0.331 e. The molecule has 6 heteroatoms. The van der Waals surface area contributed by atoms with E-state index >= 15 is 0 Å². The number of hydrogen-bond acceptors (Lipinski definition) is 4. The molecular formula is C19H27N5O. The zero-order valence-corrected chi connectivity index (χ0v) is 15.7. The number of carbonyl (C=O) groups is 1. The number of urea groups is 1. The summed E-state index contributed by atoms with van der Waals surface area (Å²) in [5.74, 6) is 0.632. The van der Waals surface area contributed by atoms with Crippen LogP contribution in [0.3, 0.4) is 0 Å². The molecule has 2 amide bonds. The van der Waals surface area contributed by atoms with Gasteiger partial charge < -0.3 is 15.1 Å². The Balaban J connectivity index is 1.96. The molecule has 1 aromatic heterocycles. The van der Waals surface area contributed by atoms with Crippen molar-refractivity contribution in [2.75, 3.05) is 21.1 Å². The molecule has 2 aromatic rings. The lowest BCUT2D eigenvalue weighted by molar-refractivity contribution is 0.206. The van der Waals surface area contributed by atoms with Crippen LogP contribution < -0.4 is 5.32 Å². The average molecular weight is 341 g/mol. The summed E-state index contributed by atoms with van der Waals surface area (Å²) in [6.45, 7) is 5.58. The fourth-order valence-electron chi connectivity index (χ4n) is 2.70. The van der Waals surface area contributed by atoms with Crippen molar-refractivity contribution in [2.24, 2.45) is 0 Å². The Labute approximate surface area is 149 Å². The zero-order chi connectivity index (χ0) is 18.4. The van der Waals surface area contributed by atoms with Gasteiger partial charge >= 0.3 is 6.03 Å². The van der Waals surface area contributed by atoms with Crippen molar-refractivity contribution in [1.29, 1.82) is 0 Å². The molecule has 0 unspecified atom stereocenters. The lowest BCUT2D eigenvalue weighted by Crippen LogP contribution is -2.37. The second-order valence-corrected chi connectivity index (χ2v) is 6.59. The SMILES string of the molecule is Cc1cc(C)nc(CNC(=O)N(C)Cc2ccccc2CN(C)C)n1. The van der Waals surface area contributed by atoms with Crippen LogP contribution in [-0.2, 0) is 19.6 Å². The second kappa shape index (κ2) is 8.58. The van der Waals surface area contributed by atoms with Crippen molar-refractivity contribution in [3.05, 3.63) is 58.7 Å². The quantitative estimate of drug-likeness (QED) is 0.877. The monoisotopic (exact) mass is 341 g/mol. The van der Waals surface area contributed by atoms with E-state index in [1.165, 1.54) is 5.56 Å². The lowest BCUT2D eigenvalue weighted by Gasteiger charge is -2.21. The Kier molecular flexibility index (Phi) is 6.47. The van der Waals surface area contributed by atoms with Crippen LogP contribution in [0.2, 0.25) is 0 Å². The maximum absolute atomic E-state index is 12.4. The van der Waals surface area contributed by atoms with Crippen LogP contribution in [0.5, 0.6) is 0 Å². The number of aryl methyl sites for hydroxylation is 2. The number of nitrogens with one attached hydrogen (secondary N) is 1. The van der Waals surface area contributed by atoms with Gasteiger partial charge in [0, 0.05) is 31.5 Å². The van der Waals surface area contributed by atoms with Gasteiger partial charge in [-0.25, -0.2) is 14.8 Å². The highest BCUT2D eigenvalue weighted by atomic mass is 16.2. The first-order valence-corrected chi connectivity index (χ1v) is 8.37. The van der Waals surface area contributed by atoms with E-state index in [2.05, 4.69) is 32.3 Å². The first-order valence-electron chi connectivity index (χ1n) is 8.37. The number of aromatic nitrogens is 2. The Morgan fingerprint density at radius 1 is 1.00 bits per heavy atom. The Morgan fingerprint density at radius 2 is 1.56 bits per heavy atom. The summed E-state index contributed by atoms with van der Waals surface area (Å²) < 4.78 is 0. The maximum atomic E-state index is 12.4. The average Bonchev–Trinajstić information content (AvgIpc) is 2.53. The highest BCUT2D eigenvalue weighted by Gasteiger charge is 2.12. The molecule has 0 aliphatic rings. The minimum atomic E-state index is -0.137. The molecule has 0 bridgehead atoms. The highest BCUT2D eigenvalue weighted by molar-refractivity contribution is 5.73. The van der Waals surface area contributed by atoms with Gasteiger partial charge in [0.1, 0.15) is 5.82 Å². The van der Waals surface area contributed by atoms with Gasteiger partial charge in [-0.3, -0.25) is 0 Å². The number of amides is 2. The smallest absolute Gasteiger partial charge is 0.317 e. The van der Waals surface area contributed by atoms with Gasteiger partial charge in [0.15, 0.2) is 0 Å². The van der Waals surface area contributed by atoms with Crippen molar-refractivity contribution in [3.63, 3.8) is 0 Å². The van der Waals surface area contributed by atoms with Crippen LogP contribution in [0.15, 0.2) is 30.3 Å². The maximum Gasteiger partial charge on any atom is 0.317 e. The molecule has 0 aliphatic heterocycles. The van der Waals surface area contributed by atoms with E-state index < -0.39 is 0 Å². The number of carbonyl (C=O) groups excluding carboxylic acids is 1. The van der Waals surface area contributed by atoms with Crippen molar-refractivity contribution in [3.8, 4) is 0 Å². The van der Waals surface area contributed by atoms with Crippen LogP contribution in [-0.4, -0.2) is 46.9 Å². The Bertz CT molecular complexity index is 709. The van der Waals surface area contributed by atoms with Crippen LogP contribution in [0.25, 0.3) is 0 Å². The fraction of sp³-hybridized carbons (Fsp3) is 0.421. The molecule has 1 N–H and O–H groups in total. The van der Waals surface area contributed by atoms with E-state index in [4.69, 9.17) is 0 Å². The molecule has 2 rings (SSSR count). The van der Waals surface area contributed by atoms with Crippen molar-refractivity contribution >= 4 is 6.03 Å². The number of hydrogen-bond donors (Lipinski definition) is 1. The molecule has 25 heavy (non-hydrogen) atoms. The summed E-state index contributed by atoms with van der Waals surface area (Å²) in [6, 6.07) is 9.98. The topological polar surface area (TPSA) is 61.4 Å². The van der Waals surface area contributed by atoms with E-state index in [0.29, 0.717) is 18.9 Å². The van der Waals surface area contributed by atoms with Crippen LogP contribution in [0.1, 0.15) is 28.3 Å². The fourth-order valence-corrected chi connectivity index (χ4v) is 2.70. The summed E-state index contributed by atoms with van der Waals surface area (Å²) in [5, 5.41) is 2.89. The summed E-state index contributed by atoms with van der Waals surface area (Å²) in [6.07, 6.45) is 0. The van der Waals surface area contributed by atoms with E-state index in [9.17, 15) is 4.79 Å². The van der Waals surface area contributed by atoms with Gasteiger partial charge in [-0.05, 0) is 45.1 Å². The molecule has 0 saturated carbocycles. The predicted octanol–water partition coefficient (Wildman–Crippen LogP) is 2.50. The molecule has 134 valence electrons. The first-order chi connectivity index (χ1) is 11.8. The predicted molar refractivity (Wildman–Crippen MR) is 99.0 cm³/mol. The normalized spacial score (nSPS) is 10.8. The summed E-state index contributed by atoms with van der Waals surface area (Å²) in [7, 11) is 5.87. The summed E-state index contributed by atoms with van der Waals surface area (Å²) >= 11 is 0. The number of benzene rings is 1. The Hall–Kier alpha value is -2.47. The number of rotatable bonds is 6. The van der Waals surface area contributed by atoms with Crippen molar-refractivity contribution in [1.82, 2.24) is 25.1 Å². The van der Waals surface area contributed by atoms with Gasteiger partial charge in [0.05, 0.1) is 6.54 Å². The standard InChI is InChI=1S/C19H27N5O/c1-14-10-15(2)22-18(21-14)11-20-19(25)24(5)13-17-9-7-6-8-16(17)12-23(3)4/h6-10H,11-13H2,1-5H3,(H,20,25). The van der Waals surface area contributed by atoms with Gasteiger partial charge in [-0.1, -0.05) is 24.3 Å². The first kappa shape index (κ1) is 18.9. The van der Waals surface area contributed by atoms with E-state index in [1.807, 2.05) is 46.1 Å². The van der Waals surface area contributed by atoms with Gasteiger partial charge in [-0.15, -0.1) is 0 Å². The Morgan fingerprint density at radius 3 is 2.12 bits per heavy atom. The third kappa shape index (κ3) is 5.83. The van der Waals surface area contributed by atoms with E-state index in [-0.39, 0.29) is 6.03 Å². The third-order valence-electron chi connectivity index (χ3n) is 3.79. The molecule has 0 atom stereocenters. The molecule has 0 radical (unpaired) electrons. The zero-order valence-electron chi connectivity index (χ0n) is 15.7. The molecule has 0 saturated heterocycles. The second-order valence-electron chi connectivity index (χ2n) is 6.59. The van der Waals surface area contributed by atoms with Crippen molar-refractivity contribution < 1.29 is 4.79 Å². The van der Waals surface area contributed by atoms with Gasteiger partial charge in [0.2, 0.25) is 0 Å². The third-order valence-corrected chi connectivity index (χ3v) is 3.79. The van der Waals surface area contributed by atoms with Gasteiger partial charge in [-0.2, -0.15) is 0 Å². The van der Waals surface area contributed by atoms with Crippen LogP contribution in [0, 0.1) is 13.8 Å². The summed E-state index contributed by atoms with van der Waals surface area (Å²) in [5.41, 5.74) is 4.19. The van der Waals surface area contributed by atoms with E-state index in [1.54, 1.807) is 11.9 Å². The van der Waals surface area contributed by atoms with Crippen LogP contribution in [0.4, 0.5) is 4.79 Å². The molecular weight excluding hydrogens is 314 g/mol. The molecule has 6 nitrogen and oxygen atoms in total. The molecule has 1 heterocycles. The van der Waals surface area contributed by atoms with Crippen molar-refractivity contribution in [2.45, 2.75) is 33.5 Å². The lowest BCUT2D eigenvalue weighted by atomic mass is 10.1. The minimum absolute atomic E-state index is 0.137. The van der Waals surface area contributed by atoms with E-state index in [0.717, 1.165) is 23.5 Å². The largest absolute Gasteiger partial charge is 0.331 e. The highest BCUT2D eigenvalue weighted by Crippen LogP contribution is 2.13. The van der Waals surface area contributed by atoms with Crippen LogP contribution >= 0.6 is 0 Å². The molecule has 0 fully saturated rings.